The van der Waals surface area contributed by atoms with E-state index in [1.807, 2.05) is 18.2 Å². The maximum Gasteiger partial charge on any atom is 0.282 e. The summed E-state index contributed by atoms with van der Waals surface area (Å²) in [5, 5.41) is 6.42. The lowest BCUT2D eigenvalue weighted by atomic mass is 10.2. The lowest BCUT2D eigenvalue weighted by Gasteiger charge is -2.13. The molecule has 0 unspecified atom stereocenters. The van der Waals surface area contributed by atoms with Crippen molar-refractivity contribution in [2.24, 2.45) is 5.10 Å². The van der Waals surface area contributed by atoms with Crippen LogP contribution < -0.4 is 10.3 Å². The molecule has 1 heterocycles. The number of halogens is 5. The van der Waals surface area contributed by atoms with Crippen LogP contribution in [0.4, 0.5) is 0 Å². The van der Waals surface area contributed by atoms with E-state index in [1.165, 1.54) is 4.68 Å². The van der Waals surface area contributed by atoms with Crippen LogP contribution in [0.1, 0.15) is 36.7 Å². The smallest absolute Gasteiger partial charge is 0.282 e. The molecule has 4 aromatic rings. The van der Waals surface area contributed by atoms with Gasteiger partial charge < -0.3 is 4.74 Å². The van der Waals surface area contributed by atoms with Gasteiger partial charge in [-0.1, -0.05) is 70.1 Å². The van der Waals surface area contributed by atoms with Gasteiger partial charge in [-0.2, -0.15) is 9.78 Å². The van der Waals surface area contributed by atoms with Crippen molar-refractivity contribution >= 4 is 83.8 Å². The predicted molar refractivity (Wildman–Crippen MR) is 155 cm³/mol. The molecule has 0 bridgehead atoms. The highest BCUT2D eigenvalue weighted by Crippen LogP contribution is 2.33. The van der Waals surface area contributed by atoms with E-state index in [0.717, 1.165) is 22.9 Å². The molecule has 4 rings (SSSR count). The summed E-state index contributed by atoms with van der Waals surface area (Å²) in [4.78, 5) is 18.1. The quantitative estimate of drug-likeness (QED) is 0.176. The molecule has 1 aromatic heterocycles. The Hall–Kier alpha value is -1.90. The van der Waals surface area contributed by atoms with E-state index in [2.05, 4.69) is 43.9 Å². The fourth-order valence-electron chi connectivity index (χ4n) is 3.54. The van der Waals surface area contributed by atoms with E-state index >= 15 is 0 Å². The second-order valence-electron chi connectivity index (χ2n) is 8.00. The third-order valence-electron chi connectivity index (χ3n) is 5.35. The highest BCUT2D eigenvalue weighted by molar-refractivity contribution is 9.10. The van der Waals surface area contributed by atoms with Crippen molar-refractivity contribution in [1.29, 1.82) is 0 Å². The van der Waals surface area contributed by atoms with Crippen molar-refractivity contribution in [2.75, 3.05) is 0 Å². The molecule has 5 nitrogen and oxygen atoms in total. The fraction of sp³-hybridized carbons (Fsp3) is 0.192. The first-order valence-corrected chi connectivity index (χ1v) is 13.8. The monoisotopic (exact) mass is 669 g/mol. The Kier molecular flexibility index (Phi) is 9.12. The van der Waals surface area contributed by atoms with Gasteiger partial charge in [0.25, 0.3) is 5.56 Å². The maximum atomic E-state index is 13.4. The van der Waals surface area contributed by atoms with Crippen LogP contribution in [0.5, 0.6) is 5.75 Å². The molecule has 0 aliphatic carbocycles. The third-order valence-corrected chi connectivity index (χ3v) is 7.39. The Bertz CT molecular complexity index is 1520. The Morgan fingerprint density at radius 2 is 1.86 bits per heavy atom. The van der Waals surface area contributed by atoms with Gasteiger partial charge in [-0.3, -0.25) is 4.79 Å². The average molecular weight is 673 g/mol. The summed E-state index contributed by atoms with van der Waals surface area (Å²) in [6.07, 6.45) is 4.02. The first-order chi connectivity index (χ1) is 17.3. The van der Waals surface area contributed by atoms with Gasteiger partial charge in [-0.15, -0.1) is 0 Å². The molecule has 0 saturated heterocycles. The van der Waals surface area contributed by atoms with Crippen LogP contribution in [-0.2, 0) is 13.0 Å². The lowest BCUT2D eigenvalue weighted by Crippen LogP contribution is -2.22. The zero-order chi connectivity index (χ0) is 25.8. The third kappa shape index (κ3) is 6.32. The Labute approximate surface area is 240 Å². The fourth-order valence-corrected chi connectivity index (χ4v) is 5.17. The van der Waals surface area contributed by atoms with E-state index in [-0.39, 0.29) is 12.2 Å². The van der Waals surface area contributed by atoms with Crippen molar-refractivity contribution in [3.63, 3.8) is 0 Å². The molecular weight excluding hydrogens is 652 g/mol. The van der Waals surface area contributed by atoms with Gasteiger partial charge in [-0.25, -0.2) is 4.98 Å². The lowest BCUT2D eigenvalue weighted by molar-refractivity contribution is 0.304. The average Bonchev–Trinajstić information content (AvgIpc) is 2.84. The van der Waals surface area contributed by atoms with Crippen LogP contribution in [-0.4, -0.2) is 15.9 Å². The second-order valence-corrected chi connectivity index (χ2v) is 11.0. The number of hydrogen-bond donors (Lipinski definition) is 0. The van der Waals surface area contributed by atoms with Gasteiger partial charge in [0.15, 0.2) is 0 Å². The van der Waals surface area contributed by atoms with Crippen molar-refractivity contribution in [1.82, 2.24) is 9.66 Å². The van der Waals surface area contributed by atoms with Crippen molar-refractivity contribution in [3.05, 3.63) is 99.8 Å². The van der Waals surface area contributed by atoms with E-state index < -0.39 is 0 Å². The van der Waals surface area contributed by atoms with Crippen LogP contribution in [0, 0.1) is 0 Å². The Morgan fingerprint density at radius 3 is 2.61 bits per heavy atom. The SMILES string of the molecule is CCCCc1nc2ccc(Br)cc2c(=O)n1N=Cc1cc(Cl)cc(Br)c1OCc1ccc(Cl)c(Cl)c1. The topological polar surface area (TPSA) is 56.5 Å². The molecule has 0 fully saturated rings. The number of unbranched alkanes of at least 4 members (excludes halogenated alkanes) is 1. The molecule has 0 aliphatic heterocycles. The van der Waals surface area contributed by atoms with E-state index in [4.69, 9.17) is 44.5 Å². The van der Waals surface area contributed by atoms with Gasteiger partial charge in [0, 0.05) is 21.5 Å². The van der Waals surface area contributed by atoms with Crippen molar-refractivity contribution in [3.8, 4) is 5.75 Å². The zero-order valence-electron chi connectivity index (χ0n) is 19.1. The van der Waals surface area contributed by atoms with E-state index in [0.29, 0.717) is 54.0 Å². The number of benzene rings is 3. The Morgan fingerprint density at radius 1 is 1.06 bits per heavy atom. The molecule has 0 atom stereocenters. The molecule has 36 heavy (non-hydrogen) atoms. The van der Waals surface area contributed by atoms with E-state index in [1.54, 1.807) is 36.5 Å². The molecule has 186 valence electrons. The first-order valence-electron chi connectivity index (χ1n) is 11.1. The van der Waals surface area contributed by atoms with Crippen LogP contribution in [0.2, 0.25) is 15.1 Å². The van der Waals surface area contributed by atoms with Gasteiger partial charge in [0.2, 0.25) is 0 Å². The largest absolute Gasteiger partial charge is 0.487 e. The van der Waals surface area contributed by atoms with Gasteiger partial charge in [0.05, 0.1) is 31.6 Å². The summed E-state index contributed by atoms with van der Waals surface area (Å²) >= 11 is 25.4. The molecular formula is C26H20Br2Cl3N3O2. The number of ether oxygens (including phenoxy) is 1. The summed E-state index contributed by atoms with van der Waals surface area (Å²) in [5.41, 5.74) is 1.83. The highest BCUT2D eigenvalue weighted by atomic mass is 79.9. The first kappa shape index (κ1) is 27.1. The van der Waals surface area contributed by atoms with Gasteiger partial charge in [-0.05, 0) is 70.4 Å². The molecule has 0 spiro atoms. The van der Waals surface area contributed by atoms with Crippen molar-refractivity contribution in [2.45, 2.75) is 32.8 Å². The normalized spacial score (nSPS) is 11.5. The van der Waals surface area contributed by atoms with Gasteiger partial charge in [0.1, 0.15) is 18.2 Å². The minimum atomic E-state index is -0.247. The number of aromatic nitrogens is 2. The molecule has 0 radical (unpaired) electrons. The standard InChI is InChI=1S/C26H20Br2Cl3N3O2/c1-2-3-4-24-33-23-8-6-17(27)11-19(23)26(35)34(24)32-13-16-10-18(29)12-20(28)25(16)36-14-15-5-7-21(30)22(31)9-15/h5-13H,2-4,14H2,1H3. The molecule has 0 amide bonds. The molecule has 10 heteroatoms. The number of fused-ring (bicyclic) bond motifs is 1. The van der Waals surface area contributed by atoms with Crippen molar-refractivity contribution < 1.29 is 4.74 Å². The van der Waals surface area contributed by atoms with Crippen LogP contribution in [0.15, 0.2) is 67.4 Å². The maximum absolute atomic E-state index is 13.4. The highest BCUT2D eigenvalue weighted by Gasteiger charge is 2.13. The minimum absolute atomic E-state index is 0.241. The molecule has 0 N–H and O–H groups in total. The predicted octanol–water partition coefficient (Wildman–Crippen LogP) is 8.69. The number of rotatable bonds is 8. The number of hydrogen-bond acceptors (Lipinski definition) is 4. The molecule has 3 aromatic carbocycles. The van der Waals surface area contributed by atoms with Gasteiger partial charge >= 0.3 is 0 Å². The summed E-state index contributed by atoms with van der Waals surface area (Å²) in [6, 6.07) is 14.2. The van der Waals surface area contributed by atoms with Crippen LogP contribution in [0.25, 0.3) is 10.9 Å². The summed E-state index contributed by atoms with van der Waals surface area (Å²) < 4.78 is 8.89. The second kappa shape index (κ2) is 12.1. The number of aryl methyl sites for hydroxylation is 1. The zero-order valence-corrected chi connectivity index (χ0v) is 24.5. The number of nitrogens with zero attached hydrogens (tertiary/aromatic N) is 3. The summed E-state index contributed by atoms with van der Waals surface area (Å²) in [5.74, 6) is 1.11. The minimum Gasteiger partial charge on any atom is -0.487 e. The molecule has 0 saturated carbocycles. The summed E-state index contributed by atoms with van der Waals surface area (Å²) in [6.45, 7) is 2.33. The van der Waals surface area contributed by atoms with E-state index in [9.17, 15) is 4.79 Å². The van der Waals surface area contributed by atoms with Crippen LogP contribution >= 0.6 is 66.7 Å². The summed E-state index contributed by atoms with van der Waals surface area (Å²) in [7, 11) is 0. The Balaban J connectivity index is 1.74. The van der Waals surface area contributed by atoms with Crippen LogP contribution in [0.3, 0.4) is 0 Å². The molecule has 0 aliphatic rings.